The highest BCUT2D eigenvalue weighted by Crippen LogP contribution is 2.17. The summed E-state index contributed by atoms with van der Waals surface area (Å²) in [6.45, 7) is 1.97. The van der Waals surface area contributed by atoms with E-state index in [1.54, 1.807) is 12.4 Å². The minimum atomic E-state index is 0.00173. The zero-order valence-corrected chi connectivity index (χ0v) is 10.7. The van der Waals surface area contributed by atoms with Crippen LogP contribution in [0.4, 0.5) is 5.95 Å². The first-order chi connectivity index (χ1) is 8.69. The van der Waals surface area contributed by atoms with Gasteiger partial charge in [0, 0.05) is 12.4 Å². The molecule has 0 amide bonds. The first-order valence-corrected chi connectivity index (χ1v) is 5.69. The lowest BCUT2D eigenvalue weighted by Gasteiger charge is -2.13. The van der Waals surface area contributed by atoms with Crippen molar-refractivity contribution in [2.75, 3.05) is 12.4 Å². The molecule has 2 aromatic heterocycles. The minimum Gasteiger partial charge on any atom is -0.467 e. The summed E-state index contributed by atoms with van der Waals surface area (Å²) in [5.74, 6) is 0.364. The number of rotatable bonds is 4. The van der Waals surface area contributed by atoms with Gasteiger partial charge in [-0.3, -0.25) is 4.98 Å². The molecule has 0 aliphatic rings. The second kappa shape index (κ2) is 5.59. The van der Waals surface area contributed by atoms with Crippen molar-refractivity contribution in [2.45, 2.75) is 13.0 Å². The van der Waals surface area contributed by atoms with Gasteiger partial charge in [0.25, 0.3) is 0 Å². The molecular weight excluding hydrogens is 254 g/mol. The highest BCUT2D eigenvalue weighted by Gasteiger charge is 2.09. The number of methoxy groups -OCH3 is 1. The maximum atomic E-state index is 5.76. The van der Waals surface area contributed by atoms with Crippen LogP contribution in [0.25, 0.3) is 0 Å². The van der Waals surface area contributed by atoms with E-state index in [2.05, 4.69) is 25.3 Å². The number of halogens is 1. The molecule has 7 heteroatoms. The molecule has 94 valence electrons. The van der Waals surface area contributed by atoms with Gasteiger partial charge in [0.05, 0.1) is 13.2 Å². The third-order valence-electron chi connectivity index (χ3n) is 2.30. The largest absolute Gasteiger partial charge is 0.467 e. The van der Waals surface area contributed by atoms with Crippen LogP contribution in [-0.2, 0) is 0 Å². The molecule has 0 fully saturated rings. The molecule has 18 heavy (non-hydrogen) atoms. The summed E-state index contributed by atoms with van der Waals surface area (Å²) in [5, 5.41) is 3.19. The topological polar surface area (TPSA) is 72.8 Å². The second-order valence-corrected chi connectivity index (χ2v) is 3.91. The average Bonchev–Trinajstić information content (AvgIpc) is 2.39. The minimum absolute atomic E-state index is 0.00173. The van der Waals surface area contributed by atoms with Crippen LogP contribution in [0.3, 0.4) is 0 Å². The van der Waals surface area contributed by atoms with Gasteiger partial charge in [-0.15, -0.1) is 0 Å². The molecule has 6 nitrogen and oxygen atoms in total. The lowest BCUT2D eigenvalue weighted by molar-refractivity contribution is 0.378. The smallest absolute Gasteiger partial charge is 0.322 e. The van der Waals surface area contributed by atoms with Gasteiger partial charge in [-0.2, -0.15) is 15.0 Å². The number of ether oxygens (including phenoxy) is 1. The zero-order chi connectivity index (χ0) is 13.0. The van der Waals surface area contributed by atoms with E-state index in [9.17, 15) is 0 Å². The first-order valence-electron chi connectivity index (χ1n) is 5.31. The molecule has 2 rings (SSSR count). The Labute approximate surface area is 109 Å². The molecule has 1 unspecified atom stereocenters. The van der Waals surface area contributed by atoms with Crippen molar-refractivity contribution in [3.8, 4) is 6.01 Å². The first kappa shape index (κ1) is 12.5. The van der Waals surface area contributed by atoms with Crippen LogP contribution in [0, 0.1) is 0 Å². The lowest BCUT2D eigenvalue weighted by atomic mass is 10.1. The van der Waals surface area contributed by atoms with E-state index < -0.39 is 0 Å². The van der Waals surface area contributed by atoms with Crippen molar-refractivity contribution in [2.24, 2.45) is 0 Å². The summed E-state index contributed by atoms with van der Waals surface area (Å²) in [5.41, 5.74) is 1.02. The van der Waals surface area contributed by atoms with Gasteiger partial charge in [-0.05, 0) is 30.2 Å². The summed E-state index contributed by atoms with van der Waals surface area (Å²) in [6.07, 6.45) is 3.50. The molecule has 0 aromatic carbocycles. The molecule has 0 bridgehead atoms. The SMILES string of the molecule is COc1nc(Cl)nc(NC(C)c2cccnc2)n1. The van der Waals surface area contributed by atoms with E-state index >= 15 is 0 Å². The summed E-state index contributed by atoms with van der Waals surface area (Å²) in [7, 11) is 1.47. The summed E-state index contributed by atoms with van der Waals surface area (Å²) in [4.78, 5) is 15.9. The molecule has 2 heterocycles. The Morgan fingerprint density at radius 2 is 2.17 bits per heavy atom. The average molecular weight is 266 g/mol. The number of aromatic nitrogens is 4. The molecule has 1 N–H and O–H groups in total. The van der Waals surface area contributed by atoms with Crippen molar-refractivity contribution in [3.63, 3.8) is 0 Å². The van der Waals surface area contributed by atoms with E-state index in [0.29, 0.717) is 5.95 Å². The Kier molecular flexibility index (Phi) is 3.88. The van der Waals surface area contributed by atoms with Crippen LogP contribution in [0.5, 0.6) is 6.01 Å². The van der Waals surface area contributed by atoms with Gasteiger partial charge >= 0.3 is 6.01 Å². The Morgan fingerprint density at radius 3 is 2.83 bits per heavy atom. The van der Waals surface area contributed by atoms with Crippen molar-refractivity contribution < 1.29 is 4.74 Å². The van der Waals surface area contributed by atoms with Gasteiger partial charge in [0.15, 0.2) is 0 Å². The van der Waals surface area contributed by atoms with E-state index in [4.69, 9.17) is 16.3 Å². The van der Waals surface area contributed by atoms with Crippen molar-refractivity contribution >= 4 is 17.5 Å². The maximum absolute atomic E-state index is 5.76. The predicted molar refractivity (Wildman–Crippen MR) is 67.7 cm³/mol. The Hall–Kier alpha value is -1.95. The van der Waals surface area contributed by atoms with Crippen molar-refractivity contribution in [1.29, 1.82) is 0 Å². The highest BCUT2D eigenvalue weighted by molar-refractivity contribution is 6.28. The second-order valence-electron chi connectivity index (χ2n) is 3.57. The fraction of sp³-hybridized carbons (Fsp3) is 0.273. The van der Waals surface area contributed by atoms with E-state index in [1.165, 1.54) is 7.11 Å². The van der Waals surface area contributed by atoms with Gasteiger partial charge in [-0.25, -0.2) is 0 Å². The van der Waals surface area contributed by atoms with Crippen LogP contribution in [0.2, 0.25) is 5.28 Å². The quantitative estimate of drug-likeness (QED) is 0.913. The Bertz CT molecular complexity index is 522. The van der Waals surface area contributed by atoms with Crippen molar-refractivity contribution in [3.05, 3.63) is 35.4 Å². The molecule has 2 aromatic rings. The molecule has 1 atom stereocenters. The number of nitrogens with one attached hydrogen (secondary N) is 1. The number of pyridine rings is 1. The summed E-state index contributed by atoms with van der Waals surface area (Å²) in [6, 6.07) is 4.01. The fourth-order valence-electron chi connectivity index (χ4n) is 1.40. The Balaban J connectivity index is 2.16. The van der Waals surface area contributed by atoms with Crippen LogP contribution < -0.4 is 10.1 Å². The van der Waals surface area contributed by atoms with Crippen LogP contribution in [0.1, 0.15) is 18.5 Å². The number of nitrogens with zero attached hydrogens (tertiary/aromatic N) is 4. The maximum Gasteiger partial charge on any atom is 0.322 e. The fourth-order valence-corrected chi connectivity index (χ4v) is 1.55. The van der Waals surface area contributed by atoms with Gasteiger partial charge in [0.2, 0.25) is 11.2 Å². The van der Waals surface area contributed by atoms with E-state index in [1.807, 2.05) is 19.1 Å². The van der Waals surface area contributed by atoms with Crippen LogP contribution in [-0.4, -0.2) is 27.0 Å². The normalized spacial score (nSPS) is 11.9. The van der Waals surface area contributed by atoms with Gasteiger partial charge in [0.1, 0.15) is 0 Å². The number of anilines is 1. The van der Waals surface area contributed by atoms with E-state index in [-0.39, 0.29) is 17.3 Å². The molecule has 0 saturated carbocycles. The van der Waals surface area contributed by atoms with Crippen molar-refractivity contribution in [1.82, 2.24) is 19.9 Å². The highest BCUT2D eigenvalue weighted by atomic mass is 35.5. The van der Waals surface area contributed by atoms with Gasteiger partial charge in [-0.1, -0.05) is 6.07 Å². The molecule has 0 spiro atoms. The van der Waals surface area contributed by atoms with E-state index in [0.717, 1.165) is 5.56 Å². The zero-order valence-electron chi connectivity index (χ0n) is 9.96. The molecule has 0 saturated heterocycles. The summed E-state index contributed by atoms with van der Waals surface area (Å²) < 4.78 is 4.92. The predicted octanol–water partition coefficient (Wildman–Crippen LogP) is 2.10. The third-order valence-corrected chi connectivity index (χ3v) is 2.47. The Morgan fingerprint density at radius 1 is 1.33 bits per heavy atom. The molecular formula is C11H12ClN5O. The van der Waals surface area contributed by atoms with Crippen LogP contribution in [0.15, 0.2) is 24.5 Å². The summed E-state index contributed by atoms with van der Waals surface area (Å²) >= 11 is 5.76. The molecule has 0 radical (unpaired) electrons. The van der Waals surface area contributed by atoms with Crippen LogP contribution >= 0.6 is 11.6 Å². The monoisotopic (exact) mass is 265 g/mol. The lowest BCUT2D eigenvalue weighted by Crippen LogP contribution is -2.10. The number of hydrogen-bond acceptors (Lipinski definition) is 6. The molecule has 0 aliphatic carbocycles. The number of hydrogen-bond donors (Lipinski definition) is 1. The molecule has 0 aliphatic heterocycles. The standard InChI is InChI=1S/C11H12ClN5O/c1-7(8-4-3-5-13-6-8)14-10-15-9(12)16-11(17-10)18-2/h3-7H,1-2H3,(H,14,15,16,17). The van der Waals surface area contributed by atoms with Gasteiger partial charge < -0.3 is 10.1 Å². The third kappa shape index (κ3) is 3.04.